The van der Waals surface area contributed by atoms with Crippen molar-refractivity contribution in [2.24, 2.45) is 23.2 Å². The molecule has 1 saturated heterocycles. The van der Waals surface area contributed by atoms with E-state index in [1.165, 1.54) is 0 Å². The summed E-state index contributed by atoms with van der Waals surface area (Å²) in [4.78, 5) is 24.5. The van der Waals surface area contributed by atoms with Crippen LogP contribution < -0.4 is 10.7 Å². The van der Waals surface area contributed by atoms with Crippen molar-refractivity contribution in [3.8, 4) is 0 Å². The van der Waals surface area contributed by atoms with E-state index in [-0.39, 0.29) is 41.1 Å². The summed E-state index contributed by atoms with van der Waals surface area (Å²) in [5.74, 6) is 1.21. The SMILES string of the molecule is CC1CN(C2CCC(NC(=O)C3CCC(C(C)(C)C)CC3)CC2Cl)NC1=O. The predicted molar refractivity (Wildman–Crippen MR) is 108 cm³/mol. The molecule has 2 saturated carbocycles. The maximum Gasteiger partial charge on any atom is 0.238 e. The van der Waals surface area contributed by atoms with Gasteiger partial charge in [-0.3, -0.25) is 15.0 Å². The molecule has 4 atom stereocenters. The largest absolute Gasteiger partial charge is 0.353 e. The zero-order valence-electron chi connectivity index (χ0n) is 17.3. The molecule has 5 nitrogen and oxygen atoms in total. The van der Waals surface area contributed by atoms with Gasteiger partial charge in [0.25, 0.3) is 0 Å². The summed E-state index contributed by atoms with van der Waals surface area (Å²) in [6.45, 7) is 9.58. The third kappa shape index (κ3) is 4.97. The van der Waals surface area contributed by atoms with Crippen molar-refractivity contribution >= 4 is 23.4 Å². The second-order valence-corrected chi connectivity index (χ2v) is 10.6. The number of carbonyl (C=O) groups is 2. The molecule has 4 unspecified atom stereocenters. The summed E-state index contributed by atoms with van der Waals surface area (Å²) in [5.41, 5.74) is 3.29. The summed E-state index contributed by atoms with van der Waals surface area (Å²) in [5, 5.41) is 5.23. The van der Waals surface area contributed by atoms with E-state index in [9.17, 15) is 9.59 Å². The quantitative estimate of drug-likeness (QED) is 0.717. The second-order valence-electron chi connectivity index (χ2n) is 10.0. The zero-order valence-corrected chi connectivity index (χ0v) is 18.0. The number of alkyl halides is 1. The van der Waals surface area contributed by atoms with Gasteiger partial charge in [0, 0.05) is 24.5 Å². The number of hydrogen-bond acceptors (Lipinski definition) is 3. The molecule has 3 fully saturated rings. The number of nitrogens with zero attached hydrogens (tertiary/aromatic N) is 1. The van der Waals surface area contributed by atoms with Crippen molar-refractivity contribution in [3.05, 3.63) is 0 Å². The minimum absolute atomic E-state index is 0.0227. The number of halogens is 1. The number of amides is 2. The summed E-state index contributed by atoms with van der Waals surface area (Å²) >= 11 is 6.65. The van der Waals surface area contributed by atoms with Gasteiger partial charge in [-0.1, -0.05) is 27.7 Å². The number of carbonyl (C=O) groups excluding carboxylic acids is 2. The molecule has 0 bridgehead atoms. The van der Waals surface area contributed by atoms with E-state index in [1.54, 1.807) is 0 Å². The fourth-order valence-electron chi connectivity index (χ4n) is 5.02. The average Bonchev–Trinajstić information content (AvgIpc) is 2.93. The van der Waals surface area contributed by atoms with Gasteiger partial charge in [-0.15, -0.1) is 11.6 Å². The van der Waals surface area contributed by atoms with E-state index < -0.39 is 0 Å². The smallest absolute Gasteiger partial charge is 0.238 e. The van der Waals surface area contributed by atoms with Crippen LogP contribution in [0.5, 0.6) is 0 Å². The van der Waals surface area contributed by atoms with Crippen LogP contribution in [-0.4, -0.2) is 40.8 Å². The van der Waals surface area contributed by atoms with E-state index in [0.717, 1.165) is 57.4 Å². The maximum absolute atomic E-state index is 12.7. The fraction of sp³-hybridized carbons (Fsp3) is 0.905. The normalized spacial score (nSPS) is 38.5. The molecular weight excluding hydrogens is 362 g/mol. The lowest BCUT2D eigenvalue weighted by Gasteiger charge is -2.39. The molecule has 1 aliphatic heterocycles. The first kappa shape index (κ1) is 20.9. The van der Waals surface area contributed by atoms with E-state index in [1.807, 2.05) is 11.9 Å². The highest BCUT2D eigenvalue weighted by Gasteiger charge is 2.39. The summed E-state index contributed by atoms with van der Waals surface area (Å²) < 4.78 is 0. The highest BCUT2D eigenvalue weighted by molar-refractivity contribution is 6.21. The first-order valence-corrected chi connectivity index (χ1v) is 11.1. The highest BCUT2D eigenvalue weighted by atomic mass is 35.5. The Morgan fingerprint density at radius 3 is 2.33 bits per heavy atom. The van der Waals surface area contributed by atoms with Crippen molar-refractivity contribution in [1.29, 1.82) is 0 Å². The molecule has 0 aromatic rings. The molecule has 3 rings (SSSR count). The van der Waals surface area contributed by atoms with Crippen LogP contribution in [0.15, 0.2) is 0 Å². The molecular formula is C21H36ClN3O2. The molecule has 27 heavy (non-hydrogen) atoms. The van der Waals surface area contributed by atoms with Gasteiger partial charge in [0.2, 0.25) is 11.8 Å². The van der Waals surface area contributed by atoms with Crippen LogP contribution in [-0.2, 0) is 9.59 Å². The van der Waals surface area contributed by atoms with Gasteiger partial charge in [0.1, 0.15) is 0 Å². The van der Waals surface area contributed by atoms with Gasteiger partial charge in [-0.25, -0.2) is 5.01 Å². The van der Waals surface area contributed by atoms with E-state index in [2.05, 4.69) is 31.5 Å². The Bertz CT molecular complexity index is 554. The molecule has 1 heterocycles. The second kappa shape index (κ2) is 8.28. The Labute approximate surface area is 168 Å². The molecule has 3 aliphatic rings. The molecule has 2 N–H and O–H groups in total. The lowest BCUT2D eigenvalue weighted by Crippen LogP contribution is -2.53. The van der Waals surface area contributed by atoms with Crippen LogP contribution >= 0.6 is 11.6 Å². The summed E-state index contributed by atoms with van der Waals surface area (Å²) in [7, 11) is 0. The van der Waals surface area contributed by atoms with Crippen LogP contribution in [0.1, 0.15) is 72.6 Å². The average molecular weight is 398 g/mol. The standard InChI is InChI=1S/C21H36ClN3O2/c1-13-12-25(24-19(13)26)18-10-9-16(11-17(18)22)23-20(27)14-5-7-15(8-6-14)21(2,3)4/h13-18H,5-12H2,1-4H3,(H,23,27)(H,24,26). The molecule has 2 aliphatic carbocycles. The number of hydrazine groups is 1. The Balaban J connectivity index is 1.45. The highest BCUT2D eigenvalue weighted by Crippen LogP contribution is 2.40. The summed E-state index contributed by atoms with van der Waals surface area (Å²) in [6, 6.07) is 0.322. The zero-order chi connectivity index (χ0) is 19.8. The molecule has 2 amide bonds. The Hall–Kier alpha value is -0.810. The molecule has 0 radical (unpaired) electrons. The van der Waals surface area contributed by atoms with Gasteiger partial charge in [0.15, 0.2) is 0 Å². The third-order valence-corrected chi connectivity index (χ3v) is 7.45. The predicted octanol–water partition coefficient (Wildman–Crippen LogP) is 3.47. The third-order valence-electron chi connectivity index (χ3n) is 6.98. The van der Waals surface area contributed by atoms with E-state index >= 15 is 0 Å². The first-order valence-electron chi connectivity index (χ1n) is 10.7. The van der Waals surface area contributed by atoms with E-state index in [0.29, 0.717) is 5.41 Å². The molecule has 6 heteroatoms. The fourth-order valence-corrected chi connectivity index (χ4v) is 5.49. The van der Waals surface area contributed by atoms with Crippen molar-refractivity contribution in [2.45, 2.75) is 90.1 Å². The minimum Gasteiger partial charge on any atom is -0.353 e. The van der Waals surface area contributed by atoms with Crippen molar-refractivity contribution in [2.75, 3.05) is 6.54 Å². The van der Waals surface area contributed by atoms with Gasteiger partial charge >= 0.3 is 0 Å². The lowest BCUT2D eigenvalue weighted by atomic mass is 9.69. The van der Waals surface area contributed by atoms with Crippen molar-refractivity contribution in [1.82, 2.24) is 15.8 Å². The molecule has 0 aromatic carbocycles. The van der Waals surface area contributed by atoms with Crippen LogP contribution in [0.2, 0.25) is 0 Å². The number of rotatable bonds is 3. The first-order chi connectivity index (χ1) is 12.6. The Kier molecular flexibility index (Phi) is 6.41. The van der Waals surface area contributed by atoms with Gasteiger partial charge < -0.3 is 5.32 Å². The molecule has 0 aromatic heterocycles. The van der Waals surface area contributed by atoms with Gasteiger partial charge in [0.05, 0.1) is 11.3 Å². The molecule has 154 valence electrons. The van der Waals surface area contributed by atoms with Crippen molar-refractivity contribution < 1.29 is 9.59 Å². The monoisotopic (exact) mass is 397 g/mol. The lowest BCUT2D eigenvalue weighted by molar-refractivity contribution is -0.127. The topological polar surface area (TPSA) is 61.4 Å². The summed E-state index contributed by atoms with van der Waals surface area (Å²) in [6.07, 6.45) is 6.92. The number of nitrogens with one attached hydrogen (secondary N) is 2. The Morgan fingerprint density at radius 2 is 1.81 bits per heavy atom. The van der Waals surface area contributed by atoms with Crippen LogP contribution in [0.25, 0.3) is 0 Å². The van der Waals surface area contributed by atoms with Crippen molar-refractivity contribution in [3.63, 3.8) is 0 Å². The minimum atomic E-state index is -0.0497. The van der Waals surface area contributed by atoms with Crippen LogP contribution in [0, 0.1) is 23.2 Å². The Morgan fingerprint density at radius 1 is 1.15 bits per heavy atom. The van der Waals surface area contributed by atoms with Crippen LogP contribution in [0.3, 0.4) is 0 Å². The van der Waals surface area contributed by atoms with E-state index in [4.69, 9.17) is 11.6 Å². The van der Waals surface area contributed by atoms with Gasteiger partial charge in [-0.05, 0) is 56.3 Å². The molecule has 0 spiro atoms. The maximum atomic E-state index is 12.7. The van der Waals surface area contributed by atoms with Crippen LogP contribution in [0.4, 0.5) is 0 Å². The van der Waals surface area contributed by atoms with Gasteiger partial charge in [-0.2, -0.15) is 0 Å². The number of hydrogen-bond donors (Lipinski definition) is 2.